The van der Waals surface area contributed by atoms with Crippen LogP contribution in [0.25, 0.3) is 32.9 Å². The molecule has 14 heteroatoms. The maximum Gasteiger partial charge on any atom is 0.407 e. The molecule has 260 valence electrons. The number of hydrogen-bond donors (Lipinski definition) is 3. The number of amides is 1. The molecule has 1 amide bonds. The van der Waals surface area contributed by atoms with Crippen molar-refractivity contribution < 1.29 is 31.8 Å². The van der Waals surface area contributed by atoms with Crippen molar-refractivity contribution in [2.75, 3.05) is 32.8 Å². The zero-order valence-corrected chi connectivity index (χ0v) is 27.0. The van der Waals surface area contributed by atoms with Gasteiger partial charge in [0.25, 0.3) is 11.6 Å². The Balaban J connectivity index is 1.14. The number of aryl methyl sites for hydroxylation is 1. The number of halogens is 4. The van der Waals surface area contributed by atoms with E-state index in [1.54, 1.807) is 31.2 Å². The number of nitrogens with zero attached hydrogens (tertiary/aromatic N) is 3. The third kappa shape index (κ3) is 6.80. The van der Waals surface area contributed by atoms with Gasteiger partial charge < -0.3 is 20.1 Å². The number of hydrogen-bond acceptors (Lipinski definition) is 8. The first-order valence-electron chi connectivity index (χ1n) is 16.7. The fourth-order valence-electron chi connectivity index (χ4n) is 7.59. The first kappa shape index (κ1) is 33.2. The standard InChI is InChI=1S/C35H38F4N6O4/c1-35(14-22(37)15-40-18-35)44-34(47)48-12-4-8-23-26(38)10-9-19-5-2-7-24(27(19)23)29-28(39)30-25(16-41-29)31(46)43-33(42-30)49-32-20-6-3-11-45(32)17-21(36)13-20/h2,5,7,9-10,16,20-22,32,40H,3-4,6,8,11-15,17-18H2,1H3,(H,44,47)(H,42,43,46)/t20-,21-,22?,32?,35?/m1/s1. The molecular formula is C35H38F4N6O4. The van der Waals surface area contributed by atoms with Crippen LogP contribution in [0, 0.1) is 17.6 Å². The summed E-state index contributed by atoms with van der Waals surface area (Å²) in [5, 5.41) is 6.65. The van der Waals surface area contributed by atoms with Crippen LogP contribution in [0.2, 0.25) is 0 Å². The highest BCUT2D eigenvalue weighted by atomic mass is 19.1. The lowest BCUT2D eigenvalue weighted by molar-refractivity contribution is -0.0990. The Labute approximate surface area is 279 Å². The van der Waals surface area contributed by atoms with E-state index in [-0.39, 0.29) is 73.0 Å². The second kappa shape index (κ2) is 13.5. The van der Waals surface area contributed by atoms with Crippen LogP contribution in [0.5, 0.6) is 6.01 Å². The highest BCUT2D eigenvalue weighted by Crippen LogP contribution is 2.37. The summed E-state index contributed by atoms with van der Waals surface area (Å²) in [4.78, 5) is 38.6. The Morgan fingerprint density at radius 2 is 2.04 bits per heavy atom. The number of piperidine rings is 3. The van der Waals surface area contributed by atoms with Crippen LogP contribution in [0.1, 0.15) is 44.6 Å². The van der Waals surface area contributed by atoms with Crippen molar-refractivity contribution in [3.8, 4) is 17.3 Å². The molecule has 3 saturated heterocycles. The van der Waals surface area contributed by atoms with E-state index in [9.17, 15) is 18.4 Å². The number of alkyl halides is 2. The normalized spacial score (nSPS) is 26.8. The van der Waals surface area contributed by atoms with Crippen molar-refractivity contribution in [3.05, 3.63) is 64.1 Å². The molecule has 2 aromatic carbocycles. The van der Waals surface area contributed by atoms with Crippen molar-refractivity contribution >= 4 is 27.8 Å². The first-order chi connectivity index (χ1) is 23.6. The van der Waals surface area contributed by atoms with Crippen molar-refractivity contribution in [2.45, 2.75) is 69.6 Å². The molecular weight excluding hydrogens is 644 g/mol. The van der Waals surface area contributed by atoms with Crippen LogP contribution in [0.4, 0.5) is 22.4 Å². The maximum atomic E-state index is 16.4. The van der Waals surface area contributed by atoms with Crippen LogP contribution < -0.4 is 20.9 Å². The molecule has 0 spiro atoms. The number of ether oxygens (including phenoxy) is 2. The van der Waals surface area contributed by atoms with E-state index < -0.39 is 47.4 Å². The van der Waals surface area contributed by atoms with Gasteiger partial charge in [-0.05, 0) is 61.4 Å². The topological polar surface area (TPSA) is 121 Å². The Morgan fingerprint density at radius 1 is 1.18 bits per heavy atom. The minimum Gasteiger partial charge on any atom is -0.450 e. The van der Waals surface area contributed by atoms with Crippen LogP contribution in [0.15, 0.2) is 41.3 Å². The maximum absolute atomic E-state index is 16.4. The molecule has 10 nitrogen and oxygen atoms in total. The Kier molecular flexibility index (Phi) is 9.18. The Bertz CT molecular complexity index is 1930. The molecule has 2 aromatic heterocycles. The summed E-state index contributed by atoms with van der Waals surface area (Å²) in [6.45, 7) is 3.22. The number of rotatable bonds is 8. The summed E-state index contributed by atoms with van der Waals surface area (Å²) < 4.78 is 71.4. The summed E-state index contributed by atoms with van der Waals surface area (Å²) in [6, 6.07) is 7.85. The van der Waals surface area contributed by atoms with Crippen LogP contribution in [-0.4, -0.2) is 82.8 Å². The Morgan fingerprint density at radius 3 is 2.86 bits per heavy atom. The smallest absolute Gasteiger partial charge is 0.407 e. The van der Waals surface area contributed by atoms with E-state index >= 15 is 8.78 Å². The number of fused-ring (bicyclic) bond motifs is 4. The number of pyridine rings is 1. The second-order valence-electron chi connectivity index (χ2n) is 13.6. The van der Waals surface area contributed by atoms with Gasteiger partial charge in [0.1, 0.15) is 29.4 Å². The average Bonchev–Trinajstić information content (AvgIpc) is 3.04. The highest BCUT2D eigenvalue weighted by Gasteiger charge is 2.41. The van der Waals surface area contributed by atoms with Crippen molar-refractivity contribution in [3.63, 3.8) is 0 Å². The van der Waals surface area contributed by atoms with Gasteiger partial charge in [-0.15, -0.1) is 0 Å². The molecule has 3 aliphatic rings. The number of aromatic nitrogens is 3. The average molecular weight is 683 g/mol. The molecule has 3 fully saturated rings. The third-order valence-corrected chi connectivity index (χ3v) is 9.79. The number of nitrogens with one attached hydrogen (secondary N) is 3. The monoisotopic (exact) mass is 682 g/mol. The van der Waals surface area contributed by atoms with Crippen LogP contribution in [0.3, 0.4) is 0 Å². The lowest BCUT2D eigenvalue weighted by Gasteiger charge is -2.45. The fourth-order valence-corrected chi connectivity index (χ4v) is 7.59. The molecule has 0 radical (unpaired) electrons. The number of carbonyl (C=O) groups is 1. The predicted octanol–water partition coefficient (Wildman–Crippen LogP) is 5.32. The number of aromatic amines is 1. The van der Waals surface area contributed by atoms with Gasteiger partial charge in [0.2, 0.25) is 0 Å². The van der Waals surface area contributed by atoms with Gasteiger partial charge in [0, 0.05) is 50.3 Å². The summed E-state index contributed by atoms with van der Waals surface area (Å²) in [5.74, 6) is -1.47. The van der Waals surface area contributed by atoms with E-state index in [1.807, 2.05) is 4.90 Å². The molecule has 2 bridgehead atoms. The number of carbonyl (C=O) groups excluding carboxylic acids is 1. The zero-order valence-electron chi connectivity index (χ0n) is 27.0. The van der Waals surface area contributed by atoms with Crippen LogP contribution in [-0.2, 0) is 11.2 Å². The zero-order chi connectivity index (χ0) is 34.3. The van der Waals surface area contributed by atoms with Gasteiger partial charge >= 0.3 is 6.09 Å². The number of benzene rings is 2. The lowest BCUT2D eigenvalue weighted by Crippen LogP contribution is -2.58. The lowest BCUT2D eigenvalue weighted by atomic mass is 9.86. The van der Waals surface area contributed by atoms with Crippen molar-refractivity contribution in [1.82, 2.24) is 30.5 Å². The number of alkyl carbamates (subject to hydrolysis) is 1. The van der Waals surface area contributed by atoms with E-state index in [2.05, 4.69) is 25.6 Å². The van der Waals surface area contributed by atoms with E-state index in [0.29, 0.717) is 35.8 Å². The summed E-state index contributed by atoms with van der Waals surface area (Å²) in [5.41, 5.74) is -1.21. The first-order valence-corrected chi connectivity index (χ1v) is 16.7. The molecule has 0 saturated carbocycles. The van der Waals surface area contributed by atoms with E-state index in [0.717, 1.165) is 12.8 Å². The fraction of sp³-hybridized carbons (Fsp3) is 0.486. The number of H-pyrrole nitrogens is 1. The summed E-state index contributed by atoms with van der Waals surface area (Å²) in [6.07, 6.45) is 0.625. The van der Waals surface area contributed by atoms with Gasteiger partial charge in [0.15, 0.2) is 12.0 Å². The molecule has 4 aromatic rings. The Hall–Kier alpha value is -4.30. The van der Waals surface area contributed by atoms with E-state index in [4.69, 9.17) is 9.47 Å². The molecule has 3 aliphatic heterocycles. The van der Waals surface area contributed by atoms with Gasteiger partial charge in [-0.3, -0.25) is 19.7 Å². The molecule has 49 heavy (non-hydrogen) atoms. The largest absolute Gasteiger partial charge is 0.450 e. The summed E-state index contributed by atoms with van der Waals surface area (Å²) in [7, 11) is 0. The van der Waals surface area contributed by atoms with Gasteiger partial charge in [0.05, 0.1) is 17.5 Å². The molecule has 6 atom stereocenters. The highest BCUT2D eigenvalue weighted by molar-refractivity contribution is 5.99. The minimum atomic E-state index is -1.08. The molecule has 7 rings (SSSR count). The molecule has 4 unspecified atom stereocenters. The second-order valence-corrected chi connectivity index (χ2v) is 13.6. The predicted molar refractivity (Wildman–Crippen MR) is 175 cm³/mol. The van der Waals surface area contributed by atoms with Gasteiger partial charge in [-0.1, -0.05) is 24.3 Å². The third-order valence-electron chi connectivity index (χ3n) is 9.79. The van der Waals surface area contributed by atoms with Gasteiger partial charge in [-0.25, -0.2) is 22.4 Å². The molecule has 3 N–H and O–H groups in total. The van der Waals surface area contributed by atoms with Crippen LogP contribution >= 0.6 is 0 Å². The quantitative estimate of drug-likeness (QED) is 0.169. The van der Waals surface area contributed by atoms with Crippen molar-refractivity contribution in [2.24, 2.45) is 5.92 Å². The van der Waals surface area contributed by atoms with Gasteiger partial charge in [-0.2, -0.15) is 4.98 Å². The SMILES string of the molecule is CC1(NC(=O)OCCCc2c(F)ccc3cccc(-c4ncc5c(=O)[nH]c(OC6[C@@H]7CCCN6C[C@H](F)C7)nc5c4F)c23)CNCC(F)C1. The summed E-state index contributed by atoms with van der Waals surface area (Å²) >= 11 is 0. The minimum absolute atomic E-state index is 0.0320. The molecule has 0 aliphatic carbocycles. The van der Waals surface area contributed by atoms with Crippen molar-refractivity contribution in [1.29, 1.82) is 0 Å². The molecule has 5 heterocycles. The van der Waals surface area contributed by atoms with E-state index in [1.165, 1.54) is 12.3 Å².